The monoisotopic (exact) mass is 516 g/mol. The van der Waals surface area contributed by atoms with Crippen molar-refractivity contribution in [1.82, 2.24) is 0 Å². The van der Waals surface area contributed by atoms with Crippen LogP contribution in [0.2, 0.25) is 0 Å². The van der Waals surface area contributed by atoms with Gasteiger partial charge < -0.3 is 0 Å². The SMILES string of the molecule is CC1=C(c2cccc(-c3ccc(C4(C5=CC=CCC5)c5ccccc5-c5ccccc54)cc3)c2C)C(C)CC=C1. The van der Waals surface area contributed by atoms with Crippen LogP contribution in [0.3, 0.4) is 0 Å². The van der Waals surface area contributed by atoms with E-state index in [2.05, 4.69) is 142 Å². The van der Waals surface area contributed by atoms with Gasteiger partial charge in [0.2, 0.25) is 0 Å². The van der Waals surface area contributed by atoms with Crippen LogP contribution < -0.4 is 0 Å². The molecule has 40 heavy (non-hydrogen) atoms. The minimum absolute atomic E-state index is 0.265. The van der Waals surface area contributed by atoms with Crippen LogP contribution in [0.15, 0.2) is 133 Å². The largest absolute Gasteiger partial charge is 0.0842 e. The van der Waals surface area contributed by atoms with Gasteiger partial charge in [0.1, 0.15) is 0 Å². The Morgan fingerprint density at radius 1 is 0.675 bits per heavy atom. The van der Waals surface area contributed by atoms with Crippen LogP contribution in [0.25, 0.3) is 27.8 Å². The predicted octanol–water partition coefficient (Wildman–Crippen LogP) is 10.6. The van der Waals surface area contributed by atoms with Gasteiger partial charge in [-0.3, -0.25) is 0 Å². The van der Waals surface area contributed by atoms with E-state index in [9.17, 15) is 0 Å². The summed E-state index contributed by atoms with van der Waals surface area (Å²) in [5.41, 5.74) is 16.4. The Labute approximate surface area is 239 Å². The summed E-state index contributed by atoms with van der Waals surface area (Å²) in [5, 5.41) is 0. The van der Waals surface area contributed by atoms with Crippen molar-refractivity contribution in [2.75, 3.05) is 0 Å². The molecular formula is C40H36. The molecule has 0 heteroatoms. The third kappa shape index (κ3) is 3.66. The predicted molar refractivity (Wildman–Crippen MR) is 170 cm³/mol. The van der Waals surface area contributed by atoms with Gasteiger partial charge in [-0.1, -0.05) is 134 Å². The minimum atomic E-state index is -0.265. The first-order valence-electron chi connectivity index (χ1n) is 14.7. The lowest BCUT2D eigenvalue weighted by atomic mass is 9.65. The Hall–Kier alpha value is -4.16. The van der Waals surface area contributed by atoms with Crippen LogP contribution in [0.5, 0.6) is 0 Å². The fraction of sp³-hybridized carbons (Fsp3) is 0.200. The maximum atomic E-state index is 2.40. The van der Waals surface area contributed by atoms with Crippen molar-refractivity contribution in [3.8, 4) is 22.3 Å². The lowest BCUT2D eigenvalue weighted by Crippen LogP contribution is -2.30. The molecule has 0 heterocycles. The fourth-order valence-corrected chi connectivity index (χ4v) is 7.66. The molecule has 4 aromatic rings. The molecule has 1 atom stereocenters. The first kappa shape index (κ1) is 24.9. The summed E-state index contributed by atoms with van der Waals surface area (Å²) in [5.74, 6) is 0.543. The molecule has 0 nitrogen and oxygen atoms in total. The summed E-state index contributed by atoms with van der Waals surface area (Å²) in [4.78, 5) is 0. The van der Waals surface area contributed by atoms with E-state index in [0.29, 0.717) is 5.92 Å². The normalized spacial score (nSPS) is 18.9. The molecule has 0 aromatic heterocycles. The van der Waals surface area contributed by atoms with Crippen LogP contribution in [0.1, 0.15) is 60.9 Å². The number of allylic oxidation sites excluding steroid dienone is 8. The lowest BCUT2D eigenvalue weighted by molar-refractivity contribution is 0.693. The van der Waals surface area contributed by atoms with Crippen molar-refractivity contribution < 1.29 is 0 Å². The van der Waals surface area contributed by atoms with Crippen molar-refractivity contribution >= 4 is 5.57 Å². The smallest absolute Gasteiger partial charge is 0.0676 e. The first-order chi connectivity index (χ1) is 19.6. The van der Waals surface area contributed by atoms with E-state index in [0.717, 1.165) is 19.3 Å². The van der Waals surface area contributed by atoms with Gasteiger partial charge in [0.05, 0.1) is 5.41 Å². The van der Waals surface area contributed by atoms with Gasteiger partial charge in [0, 0.05) is 0 Å². The molecule has 1 unspecified atom stereocenters. The molecule has 0 saturated heterocycles. The number of fused-ring (bicyclic) bond motifs is 3. The highest BCUT2D eigenvalue weighted by molar-refractivity contribution is 5.87. The third-order valence-electron chi connectivity index (χ3n) is 9.48. The Morgan fingerprint density at radius 3 is 1.98 bits per heavy atom. The van der Waals surface area contributed by atoms with Gasteiger partial charge in [-0.05, 0) is 100 Å². The summed E-state index contributed by atoms with van der Waals surface area (Å²) in [6.07, 6.45) is 14.8. The lowest BCUT2D eigenvalue weighted by Gasteiger charge is -2.36. The molecule has 7 rings (SSSR count). The van der Waals surface area contributed by atoms with E-state index in [1.807, 2.05) is 0 Å². The molecule has 0 bridgehead atoms. The van der Waals surface area contributed by atoms with Crippen molar-refractivity contribution in [2.45, 2.75) is 45.4 Å². The number of hydrogen-bond donors (Lipinski definition) is 0. The van der Waals surface area contributed by atoms with Gasteiger partial charge in [-0.2, -0.15) is 0 Å². The average Bonchev–Trinajstić information content (AvgIpc) is 3.30. The van der Waals surface area contributed by atoms with Crippen molar-refractivity contribution in [3.63, 3.8) is 0 Å². The first-order valence-corrected chi connectivity index (χ1v) is 14.7. The zero-order valence-electron chi connectivity index (χ0n) is 23.7. The molecule has 0 aliphatic heterocycles. The van der Waals surface area contributed by atoms with E-state index in [-0.39, 0.29) is 5.41 Å². The van der Waals surface area contributed by atoms with E-state index in [4.69, 9.17) is 0 Å². The maximum Gasteiger partial charge on any atom is 0.0676 e. The fourth-order valence-electron chi connectivity index (χ4n) is 7.66. The third-order valence-corrected chi connectivity index (χ3v) is 9.48. The zero-order valence-corrected chi connectivity index (χ0v) is 23.7. The highest BCUT2D eigenvalue weighted by Gasteiger charge is 2.46. The maximum absolute atomic E-state index is 2.40. The van der Waals surface area contributed by atoms with Gasteiger partial charge in [-0.25, -0.2) is 0 Å². The molecule has 0 spiro atoms. The van der Waals surface area contributed by atoms with E-state index < -0.39 is 0 Å². The molecule has 0 radical (unpaired) electrons. The second kappa shape index (κ2) is 9.79. The van der Waals surface area contributed by atoms with Gasteiger partial charge in [0.25, 0.3) is 0 Å². The number of rotatable bonds is 4. The average molecular weight is 517 g/mol. The molecule has 196 valence electrons. The molecule has 4 aromatic carbocycles. The van der Waals surface area contributed by atoms with Gasteiger partial charge >= 0.3 is 0 Å². The zero-order chi connectivity index (χ0) is 27.3. The van der Waals surface area contributed by atoms with Crippen molar-refractivity contribution in [3.05, 3.63) is 160 Å². The molecule has 3 aliphatic carbocycles. The summed E-state index contributed by atoms with van der Waals surface area (Å²) < 4.78 is 0. The van der Waals surface area contributed by atoms with Crippen LogP contribution in [0, 0.1) is 12.8 Å². The molecular weight excluding hydrogens is 480 g/mol. The molecule has 0 fully saturated rings. The van der Waals surface area contributed by atoms with Gasteiger partial charge in [0.15, 0.2) is 0 Å². The van der Waals surface area contributed by atoms with Gasteiger partial charge in [-0.15, -0.1) is 0 Å². The van der Waals surface area contributed by atoms with Crippen LogP contribution in [0.4, 0.5) is 0 Å². The minimum Gasteiger partial charge on any atom is -0.0842 e. The van der Waals surface area contributed by atoms with Crippen LogP contribution in [-0.4, -0.2) is 0 Å². The van der Waals surface area contributed by atoms with E-state index in [1.165, 1.54) is 66.8 Å². The van der Waals surface area contributed by atoms with Crippen molar-refractivity contribution in [1.29, 1.82) is 0 Å². The highest BCUT2D eigenvalue weighted by Crippen LogP contribution is 2.57. The molecule has 0 N–H and O–H groups in total. The van der Waals surface area contributed by atoms with E-state index >= 15 is 0 Å². The second-order valence-electron chi connectivity index (χ2n) is 11.7. The number of benzene rings is 4. The topological polar surface area (TPSA) is 0 Å². The Morgan fingerprint density at radius 2 is 1.32 bits per heavy atom. The molecule has 3 aliphatic rings. The van der Waals surface area contributed by atoms with Crippen LogP contribution >= 0.6 is 0 Å². The standard InChI is InChI=1S/C40H36/c1-27-13-11-14-28(2)39(27)34-20-12-19-33(29(34)3)30-23-25-32(26-24-30)40(31-15-5-4-6-16-31)37-21-9-7-17-35(37)36-18-8-10-22-38(36)40/h4-5,7-13,15,17-26,28H,6,14,16H2,1-3H3. The summed E-state index contributed by atoms with van der Waals surface area (Å²) in [7, 11) is 0. The Balaban J connectivity index is 1.39. The molecule has 0 saturated carbocycles. The highest BCUT2D eigenvalue weighted by atomic mass is 14.5. The molecule has 0 amide bonds. The van der Waals surface area contributed by atoms with E-state index in [1.54, 1.807) is 0 Å². The summed E-state index contributed by atoms with van der Waals surface area (Å²) in [6.45, 7) is 6.91. The van der Waals surface area contributed by atoms with Crippen LogP contribution in [-0.2, 0) is 5.41 Å². The summed E-state index contributed by atoms with van der Waals surface area (Å²) in [6, 6.07) is 34.4. The Bertz CT molecular complexity index is 1690. The number of hydrogen-bond acceptors (Lipinski definition) is 0. The quantitative estimate of drug-likeness (QED) is 0.253. The summed E-state index contributed by atoms with van der Waals surface area (Å²) >= 11 is 0. The van der Waals surface area contributed by atoms with Crippen molar-refractivity contribution in [2.24, 2.45) is 5.92 Å². The Kier molecular flexibility index (Phi) is 6.08. The second-order valence-corrected chi connectivity index (χ2v) is 11.7.